The highest BCUT2D eigenvalue weighted by atomic mass is 35.5. The third-order valence-electron chi connectivity index (χ3n) is 5.59. The van der Waals surface area contributed by atoms with Gasteiger partial charge < -0.3 is 9.88 Å². The summed E-state index contributed by atoms with van der Waals surface area (Å²) in [5, 5.41) is 13.2. The molecule has 35 heavy (non-hydrogen) atoms. The average Bonchev–Trinajstić information content (AvgIpc) is 3.37. The SMILES string of the molecule is Cc1cc(Cn2cc(Cc3ncn(C)n3)c(=O)nc2Nc2cc3cn(C)nc3cc2Cl)ccc1F. The number of hydrogen-bond donors (Lipinski definition) is 1. The van der Waals surface area contributed by atoms with Crippen molar-refractivity contribution in [2.24, 2.45) is 14.1 Å². The summed E-state index contributed by atoms with van der Waals surface area (Å²) in [5.41, 5.74) is 2.78. The molecular formula is C24H22ClFN8O. The first kappa shape index (κ1) is 22.7. The molecule has 3 aromatic heterocycles. The van der Waals surface area contributed by atoms with Crippen molar-refractivity contribution in [2.75, 3.05) is 5.32 Å². The lowest BCUT2D eigenvalue weighted by molar-refractivity contribution is 0.616. The van der Waals surface area contributed by atoms with Gasteiger partial charge in [-0.1, -0.05) is 23.7 Å². The molecule has 178 valence electrons. The summed E-state index contributed by atoms with van der Waals surface area (Å²) in [6.45, 7) is 2.06. The van der Waals surface area contributed by atoms with Gasteiger partial charge >= 0.3 is 0 Å². The largest absolute Gasteiger partial charge is 0.324 e. The summed E-state index contributed by atoms with van der Waals surface area (Å²) in [6.07, 6.45) is 5.41. The van der Waals surface area contributed by atoms with E-state index in [1.807, 2.05) is 19.3 Å². The molecule has 0 spiro atoms. The van der Waals surface area contributed by atoms with Crippen LogP contribution in [0.4, 0.5) is 16.0 Å². The lowest BCUT2D eigenvalue weighted by atomic mass is 10.1. The molecule has 11 heteroatoms. The van der Waals surface area contributed by atoms with E-state index in [4.69, 9.17) is 11.6 Å². The molecule has 0 aliphatic carbocycles. The fourth-order valence-electron chi connectivity index (χ4n) is 3.90. The van der Waals surface area contributed by atoms with Gasteiger partial charge in [-0.15, -0.1) is 0 Å². The van der Waals surface area contributed by atoms with Crippen LogP contribution in [0.5, 0.6) is 0 Å². The number of anilines is 2. The molecule has 0 unspecified atom stereocenters. The second-order valence-electron chi connectivity index (χ2n) is 8.44. The van der Waals surface area contributed by atoms with Crippen LogP contribution in [0, 0.1) is 12.7 Å². The number of halogens is 2. The van der Waals surface area contributed by atoms with Crippen molar-refractivity contribution in [3.05, 3.63) is 92.8 Å². The minimum atomic E-state index is -0.398. The van der Waals surface area contributed by atoms with Gasteiger partial charge in [0.15, 0.2) is 5.82 Å². The molecule has 2 aromatic carbocycles. The molecular weight excluding hydrogens is 471 g/mol. The summed E-state index contributed by atoms with van der Waals surface area (Å²) in [7, 11) is 3.60. The Morgan fingerprint density at radius 1 is 1.09 bits per heavy atom. The fraction of sp³-hybridized carbons (Fsp3) is 0.208. The lowest BCUT2D eigenvalue weighted by Gasteiger charge is -2.16. The molecule has 0 saturated heterocycles. The number of fused-ring (bicyclic) bond motifs is 1. The van der Waals surface area contributed by atoms with Gasteiger partial charge in [0, 0.05) is 43.9 Å². The number of aryl methyl sites for hydroxylation is 3. The van der Waals surface area contributed by atoms with Crippen molar-refractivity contribution in [1.82, 2.24) is 34.1 Å². The maximum absolute atomic E-state index is 13.8. The van der Waals surface area contributed by atoms with Crippen LogP contribution in [0.1, 0.15) is 22.5 Å². The Kier molecular flexibility index (Phi) is 5.81. The molecule has 0 radical (unpaired) electrons. The second kappa shape index (κ2) is 8.95. The van der Waals surface area contributed by atoms with E-state index in [0.717, 1.165) is 16.5 Å². The Balaban J connectivity index is 1.56. The summed E-state index contributed by atoms with van der Waals surface area (Å²) < 4.78 is 18.9. The predicted molar refractivity (Wildman–Crippen MR) is 132 cm³/mol. The molecule has 0 aliphatic heterocycles. The van der Waals surface area contributed by atoms with E-state index in [9.17, 15) is 9.18 Å². The van der Waals surface area contributed by atoms with Gasteiger partial charge in [-0.25, -0.2) is 9.37 Å². The number of aromatic nitrogens is 7. The number of rotatable bonds is 6. The average molecular weight is 493 g/mol. The third-order valence-corrected chi connectivity index (χ3v) is 5.90. The normalized spacial score (nSPS) is 11.3. The minimum Gasteiger partial charge on any atom is -0.324 e. The summed E-state index contributed by atoms with van der Waals surface area (Å²) in [6, 6.07) is 8.52. The van der Waals surface area contributed by atoms with Crippen molar-refractivity contribution < 1.29 is 4.39 Å². The van der Waals surface area contributed by atoms with Crippen molar-refractivity contribution in [2.45, 2.75) is 19.9 Å². The molecule has 5 rings (SSSR count). The van der Waals surface area contributed by atoms with Crippen LogP contribution in [0.25, 0.3) is 10.9 Å². The highest BCUT2D eigenvalue weighted by molar-refractivity contribution is 6.34. The van der Waals surface area contributed by atoms with Crippen LogP contribution in [0.2, 0.25) is 5.02 Å². The van der Waals surface area contributed by atoms with Crippen LogP contribution in [-0.4, -0.2) is 34.1 Å². The zero-order chi connectivity index (χ0) is 24.7. The van der Waals surface area contributed by atoms with Crippen LogP contribution in [0.15, 0.2) is 53.8 Å². The smallest absolute Gasteiger partial charge is 0.278 e. The highest BCUT2D eigenvalue weighted by Crippen LogP contribution is 2.29. The molecule has 0 saturated carbocycles. The van der Waals surface area contributed by atoms with Crippen molar-refractivity contribution >= 4 is 34.1 Å². The van der Waals surface area contributed by atoms with Crippen LogP contribution in [0.3, 0.4) is 0 Å². The topological polar surface area (TPSA) is 95.5 Å². The predicted octanol–water partition coefficient (Wildman–Crippen LogP) is 3.74. The second-order valence-corrected chi connectivity index (χ2v) is 8.84. The van der Waals surface area contributed by atoms with Crippen molar-refractivity contribution in [3.63, 3.8) is 0 Å². The summed E-state index contributed by atoms with van der Waals surface area (Å²) >= 11 is 6.51. The minimum absolute atomic E-state index is 0.234. The third kappa shape index (κ3) is 4.78. The monoisotopic (exact) mass is 492 g/mol. The van der Waals surface area contributed by atoms with Crippen LogP contribution >= 0.6 is 11.6 Å². The molecule has 0 bridgehead atoms. The van der Waals surface area contributed by atoms with E-state index >= 15 is 0 Å². The first-order valence-electron chi connectivity index (χ1n) is 10.8. The summed E-state index contributed by atoms with van der Waals surface area (Å²) in [4.78, 5) is 21.5. The Bertz CT molecular complexity index is 1620. The molecule has 0 fully saturated rings. The van der Waals surface area contributed by atoms with E-state index in [1.54, 1.807) is 58.6 Å². The van der Waals surface area contributed by atoms with Crippen LogP contribution in [-0.2, 0) is 27.1 Å². The first-order valence-corrected chi connectivity index (χ1v) is 11.2. The zero-order valence-corrected chi connectivity index (χ0v) is 20.1. The molecule has 0 amide bonds. The molecule has 0 aliphatic rings. The maximum Gasteiger partial charge on any atom is 0.278 e. The zero-order valence-electron chi connectivity index (χ0n) is 19.3. The van der Waals surface area contributed by atoms with Crippen molar-refractivity contribution in [3.8, 4) is 0 Å². The Labute approximate surface area is 204 Å². The standard InChI is InChI=1S/C24H22ClFN8O/c1-14-6-15(4-5-19(14)26)10-34-12-17(8-22-27-13-33(3)31-22)23(35)29-24(34)28-21-7-16-11-32(2)30-20(16)9-18(21)25/h4-7,9,11-13H,8,10H2,1-3H3,(H,28,29,35). The van der Waals surface area contributed by atoms with Crippen LogP contribution < -0.4 is 10.9 Å². The van der Waals surface area contributed by atoms with Gasteiger partial charge in [0.25, 0.3) is 5.56 Å². The van der Waals surface area contributed by atoms with Gasteiger partial charge in [0.05, 0.1) is 22.8 Å². The molecule has 0 atom stereocenters. The molecule has 9 nitrogen and oxygen atoms in total. The fourth-order valence-corrected chi connectivity index (χ4v) is 4.11. The number of nitrogens with one attached hydrogen (secondary N) is 1. The summed E-state index contributed by atoms with van der Waals surface area (Å²) in [5.74, 6) is 0.546. The lowest BCUT2D eigenvalue weighted by Crippen LogP contribution is -2.21. The van der Waals surface area contributed by atoms with E-state index in [-0.39, 0.29) is 12.2 Å². The number of benzene rings is 2. The van der Waals surface area contributed by atoms with E-state index in [0.29, 0.717) is 40.2 Å². The van der Waals surface area contributed by atoms with Crippen molar-refractivity contribution in [1.29, 1.82) is 0 Å². The van der Waals surface area contributed by atoms with E-state index < -0.39 is 5.56 Å². The molecule has 1 N–H and O–H groups in total. The van der Waals surface area contributed by atoms with E-state index in [1.165, 1.54) is 6.07 Å². The van der Waals surface area contributed by atoms with Gasteiger partial charge in [-0.2, -0.15) is 15.2 Å². The van der Waals surface area contributed by atoms with E-state index in [2.05, 4.69) is 25.5 Å². The van der Waals surface area contributed by atoms with Gasteiger partial charge in [0.1, 0.15) is 12.1 Å². The number of nitrogens with zero attached hydrogens (tertiary/aromatic N) is 7. The van der Waals surface area contributed by atoms with Gasteiger partial charge in [0.2, 0.25) is 5.95 Å². The molecule has 3 heterocycles. The number of hydrogen-bond acceptors (Lipinski definition) is 6. The Morgan fingerprint density at radius 2 is 1.91 bits per heavy atom. The quantitative estimate of drug-likeness (QED) is 0.388. The maximum atomic E-state index is 13.8. The first-order chi connectivity index (χ1) is 16.7. The highest BCUT2D eigenvalue weighted by Gasteiger charge is 2.15. The molecule has 5 aromatic rings. The van der Waals surface area contributed by atoms with Gasteiger partial charge in [-0.05, 0) is 36.2 Å². The Morgan fingerprint density at radius 3 is 2.66 bits per heavy atom. The van der Waals surface area contributed by atoms with Gasteiger partial charge in [-0.3, -0.25) is 14.2 Å². The Hall–Kier alpha value is -4.05.